The van der Waals surface area contributed by atoms with Gasteiger partial charge in [0.05, 0.1) is 21.3 Å². The first-order chi connectivity index (χ1) is 18.5. The normalized spacial score (nSPS) is 11.6. The summed E-state index contributed by atoms with van der Waals surface area (Å²) < 4.78 is 42.6. The molecule has 0 aliphatic carbocycles. The van der Waals surface area contributed by atoms with Crippen molar-refractivity contribution in [1.29, 1.82) is 0 Å². The first kappa shape index (κ1) is 27.4. The number of nitrogens with zero attached hydrogens (tertiary/aromatic N) is 1. The fraction of sp³-hybridized carbons (Fsp3) is 0.179. The number of rotatable bonds is 12. The molecule has 0 spiro atoms. The Bertz CT molecular complexity index is 1330. The molecule has 0 radical (unpaired) electrons. The predicted molar refractivity (Wildman–Crippen MR) is 149 cm³/mol. The predicted octanol–water partition coefficient (Wildman–Crippen LogP) is 5.86. The topological polar surface area (TPSA) is 83.5 Å². The lowest BCUT2D eigenvalue weighted by Gasteiger charge is -2.38. The number of carbonyl (C=O) groups is 1. The van der Waals surface area contributed by atoms with Gasteiger partial charge in [0.1, 0.15) is 29.5 Å². The average molecular weight is 554 g/mol. The molecule has 4 aromatic rings. The molecule has 0 fully saturated rings. The van der Waals surface area contributed by atoms with Crippen molar-refractivity contribution in [2.45, 2.75) is 10.5 Å². The van der Waals surface area contributed by atoms with E-state index in [-0.39, 0.29) is 6.54 Å². The highest BCUT2D eigenvalue weighted by Crippen LogP contribution is 2.41. The lowest BCUT2D eigenvalue weighted by Crippen LogP contribution is -2.52. The molecule has 1 unspecified atom stereocenters. The van der Waals surface area contributed by atoms with Crippen molar-refractivity contribution in [3.05, 3.63) is 91.0 Å². The van der Waals surface area contributed by atoms with E-state index in [1.807, 2.05) is 42.5 Å². The van der Waals surface area contributed by atoms with E-state index in [1.165, 1.54) is 23.4 Å². The largest absolute Gasteiger partial charge is 0.497 e. The third-order valence-corrected chi connectivity index (χ3v) is 7.68. The molecule has 198 valence electrons. The number of fused-ring (bicyclic) bond motifs is 1. The molecule has 0 aromatic heterocycles. The molecule has 0 amide bonds. The highest BCUT2D eigenvalue weighted by atomic mass is 32.2. The van der Waals surface area contributed by atoms with Crippen LogP contribution >= 0.6 is 20.4 Å². The number of methoxy groups -OCH3 is 3. The zero-order valence-corrected chi connectivity index (χ0v) is 23.1. The van der Waals surface area contributed by atoms with Crippen molar-refractivity contribution in [3.8, 4) is 23.0 Å². The molecule has 0 aliphatic rings. The van der Waals surface area contributed by atoms with E-state index in [0.29, 0.717) is 23.0 Å². The Morgan fingerprint density at radius 1 is 0.763 bits per heavy atom. The molecule has 4 aromatic carbocycles. The second-order valence-corrected chi connectivity index (χ2v) is 10.1. The minimum Gasteiger partial charge on any atom is -0.497 e. The molecule has 4 rings (SSSR count). The van der Waals surface area contributed by atoms with Crippen molar-refractivity contribution < 1.29 is 33.0 Å². The van der Waals surface area contributed by atoms with E-state index >= 15 is 0 Å². The summed E-state index contributed by atoms with van der Waals surface area (Å²) >= 11 is 1.19. The van der Waals surface area contributed by atoms with E-state index < -0.39 is 20.1 Å². The van der Waals surface area contributed by atoms with Crippen LogP contribution in [0.5, 0.6) is 23.0 Å². The van der Waals surface area contributed by atoms with Crippen molar-refractivity contribution >= 4 is 37.1 Å². The van der Waals surface area contributed by atoms with Crippen LogP contribution in [0.25, 0.3) is 10.8 Å². The Morgan fingerprint density at radius 2 is 1.29 bits per heavy atom. The molecular weight excluding hydrogens is 525 g/mol. The maximum atomic E-state index is 13.1. The second kappa shape index (κ2) is 12.7. The monoisotopic (exact) mass is 553 g/mol. The molecule has 0 heterocycles. The molecule has 0 aliphatic heterocycles. The van der Waals surface area contributed by atoms with Crippen LogP contribution in [-0.2, 0) is 14.1 Å². The number of hydrogen-bond donors (Lipinski definition) is 0. The first-order valence-corrected chi connectivity index (χ1v) is 13.4. The first-order valence-electron chi connectivity index (χ1n) is 11.6. The van der Waals surface area contributed by atoms with Crippen LogP contribution in [0.3, 0.4) is 0 Å². The zero-order valence-electron chi connectivity index (χ0n) is 21.2. The summed E-state index contributed by atoms with van der Waals surface area (Å²) in [6.07, 6.45) is 0. The molecule has 1 atom stereocenters. The van der Waals surface area contributed by atoms with E-state index in [1.54, 1.807) is 62.8 Å². The minimum atomic E-state index is -1.85. The minimum absolute atomic E-state index is 0.268. The van der Waals surface area contributed by atoms with Gasteiger partial charge in [0.2, 0.25) is 0 Å². The van der Waals surface area contributed by atoms with E-state index in [4.69, 9.17) is 23.7 Å². The Hall–Kier alpha value is -3.65. The lowest BCUT2D eigenvalue weighted by atomic mass is 10.1. The summed E-state index contributed by atoms with van der Waals surface area (Å²) in [6, 6.07) is 27.4. The summed E-state index contributed by atoms with van der Waals surface area (Å²) in [6.45, 7) is -0.268. The van der Waals surface area contributed by atoms with Gasteiger partial charge in [-0.1, -0.05) is 30.3 Å². The standard InChI is InChI=1S/C28H28NO7PS/c1-32-22-9-13-24(14-10-22)35-28(37-31,36-25-15-11-23(33-2)12-16-25)29(19-27(30)34-3)38-26-17-8-20-6-4-5-7-21(20)18-26/h4-18H,19,37H2,1-3H3. The fourth-order valence-electron chi connectivity index (χ4n) is 3.59. The zero-order chi connectivity index (χ0) is 27.0. The van der Waals surface area contributed by atoms with Gasteiger partial charge in [-0.15, -0.1) is 0 Å². The fourth-order valence-corrected chi connectivity index (χ4v) is 5.39. The second-order valence-electron chi connectivity index (χ2n) is 8.02. The van der Waals surface area contributed by atoms with Gasteiger partial charge in [0.15, 0.2) is 8.46 Å². The SMILES string of the molecule is COC(=O)CN(Sc1ccc2ccccc2c1)C(Oc1ccc(OC)cc1)(Oc1ccc(OC)cc1)[PH2]=O. The van der Waals surface area contributed by atoms with Crippen molar-refractivity contribution in [2.24, 2.45) is 0 Å². The van der Waals surface area contributed by atoms with Crippen molar-refractivity contribution in [1.82, 2.24) is 4.31 Å². The Morgan fingerprint density at radius 3 is 1.79 bits per heavy atom. The molecule has 38 heavy (non-hydrogen) atoms. The summed E-state index contributed by atoms with van der Waals surface area (Å²) in [5.41, 5.74) is -1.85. The summed E-state index contributed by atoms with van der Waals surface area (Å²) in [4.78, 5) is 13.3. The Balaban J connectivity index is 1.77. The number of ether oxygens (including phenoxy) is 5. The summed E-state index contributed by atoms with van der Waals surface area (Å²) in [5.74, 6) is 1.45. The highest BCUT2D eigenvalue weighted by molar-refractivity contribution is 7.97. The molecule has 10 heteroatoms. The van der Waals surface area contributed by atoms with Crippen LogP contribution in [0.2, 0.25) is 0 Å². The van der Waals surface area contributed by atoms with Gasteiger partial charge >= 0.3 is 11.6 Å². The maximum absolute atomic E-state index is 13.1. The van der Waals surface area contributed by atoms with E-state index in [0.717, 1.165) is 15.7 Å². The van der Waals surface area contributed by atoms with Gasteiger partial charge in [-0.05, 0) is 83.4 Å². The maximum Gasteiger partial charge on any atom is 0.373 e. The third kappa shape index (κ3) is 6.61. The number of carbonyl (C=O) groups excluding carboxylic acids is 1. The van der Waals surface area contributed by atoms with Crippen LogP contribution in [0, 0.1) is 0 Å². The lowest BCUT2D eigenvalue weighted by molar-refractivity contribution is -0.151. The van der Waals surface area contributed by atoms with Crippen LogP contribution in [0.1, 0.15) is 0 Å². The number of esters is 1. The quantitative estimate of drug-likeness (QED) is 0.0926. The molecule has 8 nitrogen and oxygen atoms in total. The van der Waals surface area contributed by atoms with Crippen LogP contribution in [-0.4, -0.2) is 43.8 Å². The van der Waals surface area contributed by atoms with Gasteiger partial charge < -0.3 is 28.2 Å². The number of hydrogen-bond acceptors (Lipinski definition) is 9. The van der Waals surface area contributed by atoms with Gasteiger partial charge in [-0.3, -0.25) is 4.79 Å². The molecule has 0 bridgehead atoms. The Kier molecular flexibility index (Phi) is 9.18. The van der Waals surface area contributed by atoms with E-state index in [9.17, 15) is 9.36 Å². The Labute approximate surface area is 226 Å². The molecule has 0 saturated carbocycles. The summed E-state index contributed by atoms with van der Waals surface area (Å²) in [7, 11) is 2.62. The van der Waals surface area contributed by atoms with Crippen LogP contribution < -0.4 is 18.9 Å². The van der Waals surface area contributed by atoms with Crippen molar-refractivity contribution in [2.75, 3.05) is 27.9 Å². The van der Waals surface area contributed by atoms with Gasteiger partial charge in [-0.2, -0.15) is 4.31 Å². The highest BCUT2D eigenvalue weighted by Gasteiger charge is 2.44. The van der Waals surface area contributed by atoms with Gasteiger partial charge in [0, 0.05) is 4.90 Å². The van der Waals surface area contributed by atoms with Crippen LogP contribution in [0.4, 0.5) is 0 Å². The van der Waals surface area contributed by atoms with E-state index in [2.05, 4.69) is 0 Å². The van der Waals surface area contributed by atoms with Gasteiger partial charge in [0.25, 0.3) is 0 Å². The molecule has 0 saturated heterocycles. The average Bonchev–Trinajstić information content (AvgIpc) is 2.97. The number of benzene rings is 4. The molecule has 0 N–H and O–H groups in total. The van der Waals surface area contributed by atoms with Crippen molar-refractivity contribution in [3.63, 3.8) is 0 Å². The van der Waals surface area contributed by atoms with Crippen LogP contribution in [0.15, 0.2) is 95.9 Å². The summed E-state index contributed by atoms with van der Waals surface area (Å²) in [5, 5.41) is 2.09. The third-order valence-electron chi connectivity index (χ3n) is 5.58. The smallest absolute Gasteiger partial charge is 0.373 e. The molecular formula is C28H28NO7PS. The van der Waals surface area contributed by atoms with Gasteiger partial charge in [-0.25, -0.2) is 0 Å².